The Bertz CT molecular complexity index is 1150. The van der Waals surface area contributed by atoms with Crippen molar-refractivity contribution in [2.45, 2.75) is 38.0 Å². The number of piperidine rings is 1. The lowest BCUT2D eigenvalue weighted by molar-refractivity contribution is -0.123. The quantitative estimate of drug-likeness (QED) is 0.659. The zero-order valence-electron chi connectivity index (χ0n) is 17.3. The fourth-order valence-electron chi connectivity index (χ4n) is 4.87. The number of carbonyl (C=O) groups excluding carboxylic acids is 2. The molecule has 2 aromatic heterocycles. The Morgan fingerprint density at radius 1 is 1.10 bits per heavy atom. The molecule has 1 unspecified atom stereocenters. The van der Waals surface area contributed by atoms with Crippen LogP contribution in [0.5, 0.6) is 0 Å². The molecule has 3 heterocycles. The van der Waals surface area contributed by atoms with Crippen LogP contribution in [-0.4, -0.2) is 34.8 Å². The lowest BCUT2D eigenvalue weighted by atomic mass is 9.82. The SMILES string of the molecule is NC(=O)C1CCN(C(=O)c2sc3nc4c(cc3c2N)CC(c2ccccc2)CC4)CC1. The number of nitrogens with zero attached hydrogens (tertiary/aromatic N) is 2. The van der Waals surface area contributed by atoms with Crippen LogP contribution in [0.1, 0.15) is 51.7 Å². The monoisotopic (exact) mass is 434 g/mol. The Morgan fingerprint density at radius 3 is 2.55 bits per heavy atom. The van der Waals surface area contributed by atoms with Crippen LogP contribution < -0.4 is 11.5 Å². The van der Waals surface area contributed by atoms with Gasteiger partial charge >= 0.3 is 0 Å². The van der Waals surface area contributed by atoms with E-state index in [0.29, 0.717) is 42.4 Å². The van der Waals surface area contributed by atoms with Gasteiger partial charge in [-0.2, -0.15) is 0 Å². The summed E-state index contributed by atoms with van der Waals surface area (Å²) in [6.45, 7) is 1.06. The van der Waals surface area contributed by atoms with Gasteiger partial charge in [0, 0.05) is 30.1 Å². The van der Waals surface area contributed by atoms with Crippen molar-refractivity contribution in [3.63, 3.8) is 0 Å². The summed E-state index contributed by atoms with van der Waals surface area (Å²) in [7, 11) is 0. The van der Waals surface area contributed by atoms with Crippen LogP contribution >= 0.6 is 11.3 Å². The van der Waals surface area contributed by atoms with Crippen LogP contribution in [0.4, 0.5) is 5.69 Å². The van der Waals surface area contributed by atoms with Crippen molar-refractivity contribution in [2.24, 2.45) is 11.7 Å². The molecule has 5 rings (SSSR count). The molecule has 3 aromatic rings. The van der Waals surface area contributed by atoms with Crippen molar-refractivity contribution in [1.82, 2.24) is 9.88 Å². The maximum atomic E-state index is 13.1. The van der Waals surface area contributed by atoms with Crippen molar-refractivity contribution in [3.8, 4) is 0 Å². The predicted molar refractivity (Wildman–Crippen MR) is 123 cm³/mol. The molecule has 1 aromatic carbocycles. The largest absolute Gasteiger partial charge is 0.397 e. The first-order valence-electron chi connectivity index (χ1n) is 10.9. The molecule has 2 amide bonds. The van der Waals surface area contributed by atoms with Gasteiger partial charge in [0.1, 0.15) is 9.71 Å². The molecule has 0 saturated carbocycles. The number of amides is 2. The number of likely N-dealkylation sites (tertiary alicyclic amines) is 1. The summed E-state index contributed by atoms with van der Waals surface area (Å²) in [5.41, 5.74) is 16.1. The second-order valence-corrected chi connectivity index (χ2v) is 9.61. The Morgan fingerprint density at radius 2 is 1.84 bits per heavy atom. The van der Waals surface area contributed by atoms with E-state index in [0.717, 1.165) is 35.2 Å². The van der Waals surface area contributed by atoms with Gasteiger partial charge in [0.25, 0.3) is 5.91 Å². The van der Waals surface area contributed by atoms with Gasteiger partial charge in [-0.05, 0) is 55.2 Å². The van der Waals surface area contributed by atoms with E-state index in [4.69, 9.17) is 16.5 Å². The summed E-state index contributed by atoms with van der Waals surface area (Å²) in [4.78, 5) is 32.6. The highest BCUT2D eigenvalue weighted by atomic mass is 32.1. The number of nitrogen functional groups attached to an aromatic ring is 1. The number of fused-ring (bicyclic) bond motifs is 2. The molecule has 4 N–H and O–H groups in total. The molecule has 0 bridgehead atoms. The van der Waals surface area contributed by atoms with Crippen molar-refractivity contribution in [3.05, 3.63) is 58.1 Å². The summed E-state index contributed by atoms with van der Waals surface area (Å²) >= 11 is 1.38. The van der Waals surface area contributed by atoms with Gasteiger partial charge in [-0.25, -0.2) is 4.98 Å². The molecule has 1 atom stereocenters. The predicted octanol–water partition coefficient (Wildman–Crippen LogP) is 3.49. The molecule has 31 heavy (non-hydrogen) atoms. The number of carbonyl (C=O) groups is 2. The van der Waals surface area contributed by atoms with E-state index in [1.54, 1.807) is 4.90 Å². The minimum atomic E-state index is -0.280. The smallest absolute Gasteiger partial charge is 0.266 e. The van der Waals surface area contributed by atoms with Gasteiger partial charge < -0.3 is 16.4 Å². The van der Waals surface area contributed by atoms with E-state index in [2.05, 4.69) is 30.3 Å². The van der Waals surface area contributed by atoms with Gasteiger partial charge in [-0.3, -0.25) is 9.59 Å². The number of nitrogens with two attached hydrogens (primary N) is 2. The number of aryl methyl sites for hydroxylation is 1. The first-order chi connectivity index (χ1) is 15.0. The molecule has 1 saturated heterocycles. The molecule has 7 heteroatoms. The summed E-state index contributed by atoms with van der Waals surface area (Å²) in [6, 6.07) is 12.8. The number of thiophene rings is 1. The molecule has 1 aliphatic carbocycles. The van der Waals surface area contributed by atoms with Gasteiger partial charge in [0.15, 0.2) is 0 Å². The van der Waals surface area contributed by atoms with E-state index in [1.807, 2.05) is 6.07 Å². The average molecular weight is 435 g/mol. The summed E-state index contributed by atoms with van der Waals surface area (Å²) in [5, 5.41) is 0.882. The maximum Gasteiger partial charge on any atom is 0.266 e. The minimum absolute atomic E-state index is 0.0662. The highest BCUT2D eigenvalue weighted by Gasteiger charge is 2.30. The van der Waals surface area contributed by atoms with Gasteiger partial charge in [0.05, 0.1) is 5.69 Å². The van der Waals surface area contributed by atoms with Crippen LogP contribution in [-0.2, 0) is 17.6 Å². The second-order valence-electron chi connectivity index (χ2n) is 8.61. The molecular weight excluding hydrogens is 408 g/mol. The van der Waals surface area contributed by atoms with Crippen LogP contribution in [0.25, 0.3) is 10.2 Å². The van der Waals surface area contributed by atoms with E-state index >= 15 is 0 Å². The van der Waals surface area contributed by atoms with Crippen molar-refractivity contribution >= 4 is 39.1 Å². The zero-order chi connectivity index (χ0) is 21.5. The van der Waals surface area contributed by atoms with Gasteiger partial charge in [-0.15, -0.1) is 11.3 Å². The highest BCUT2D eigenvalue weighted by Crippen LogP contribution is 2.39. The molecule has 0 radical (unpaired) electrons. The van der Waals surface area contributed by atoms with Crippen molar-refractivity contribution < 1.29 is 9.59 Å². The highest BCUT2D eigenvalue weighted by molar-refractivity contribution is 7.21. The number of hydrogen-bond donors (Lipinski definition) is 2. The first kappa shape index (κ1) is 20.0. The lowest BCUT2D eigenvalue weighted by Crippen LogP contribution is -2.41. The minimum Gasteiger partial charge on any atom is -0.397 e. The summed E-state index contributed by atoms with van der Waals surface area (Å²) < 4.78 is 0. The fourth-order valence-corrected chi connectivity index (χ4v) is 5.93. The Balaban J connectivity index is 1.41. The normalized spacial score (nSPS) is 19.4. The topological polar surface area (TPSA) is 102 Å². The fraction of sp³-hybridized carbons (Fsp3) is 0.375. The number of rotatable bonds is 3. The molecule has 0 spiro atoms. The third kappa shape index (κ3) is 3.67. The van der Waals surface area contributed by atoms with Crippen LogP contribution in [0.15, 0.2) is 36.4 Å². The van der Waals surface area contributed by atoms with E-state index < -0.39 is 0 Å². The first-order valence-corrected chi connectivity index (χ1v) is 11.7. The average Bonchev–Trinajstić information content (AvgIpc) is 3.12. The van der Waals surface area contributed by atoms with Crippen LogP contribution in [0.2, 0.25) is 0 Å². The third-order valence-corrected chi connectivity index (χ3v) is 7.84. The Kier molecular flexibility index (Phi) is 5.14. The maximum absolute atomic E-state index is 13.1. The summed E-state index contributed by atoms with van der Waals surface area (Å²) in [6.07, 6.45) is 4.18. The van der Waals surface area contributed by atoms with Crippen LogP contribution in [0, 0.1) is 5.92 Å². The number of pyridine rings is 1. The molecule has 160 valence electrons. The molecule has 2 aliphatic rings. The second kappa shape index (κ2) is 7.96. The Labute approximate surface area is 185 Å². The molecular formula is C24H26N4O2S. The van der Waals surface area contributed by atoms with Crippen LogP contribution in [0.3, 0.4) is 0 Å². The number of primary amides is 1. The number of anilines is 1. The standard InChI is InChI=1S/C24H26N4O2S/c25-20-18-13-17-12-16(14-4-2-1-3-5-14)6-7-19(17)27-23(18)31-21(20)24(30)28-10-8-15(9-11-28)22(26)29/h1-5,13,15-16H,6-12,25H2,(H2,26,29). The van der Waals surface area contributed by atoms with E-state index in [1.165, 1.54) is 22.5 Å². The summed E-state index contributed by atoms with van der Waals surface area (Å²) in [5.74, 6) is -0.00385. The lowest BCUT2D eigenvalue weighted by Gasteiger charge is -2.30. The number of hydrogen-bond acceptors (Lipinski definition) is 5. The van der Waals surface area contributed by atoms with Crippen molar-refractivity contribution in [2.75, 3.05) is 18.8 Å². The molecule has 1 aliphatic heterocycles. The molecule has 6 nitrogen and oxygen atoms in total. The number of aromatic nitrogens is 1. The zero-order valence-corrected chi connectivity index (χ0v) is 18.2. The van der Waals surface area contributed by atoms with Gasteiger partial charge in [-0.1, -0.05) is 30.3 Å². The van der Waals surface area contributed by atoms with Gasteiger partial charge in [0.2, 0.25) is 5.91 Å². The Hall–Kier alpha value is -2.93. The molecule has 1 fully saturated rings. The van der Waals surface area contributed by atoms with E-state index in [-0.39, 0.29) is 17.7 Å². The third-order valence-electron chi connectivity index (χ3n) is 6.74. The number of benzene rings is 1. The van der Waals surface area contributed by atoms with E-state index in [9.17, 15) is 9.59 Å². The van der Waals surface area contributed by atoms with Crippen molar-refractivity contribution in [1.29, 1.82) is 0 Å².